The predicted octanol–water partition coefficient (Wildman–Crippen LogP) is 1.95. The van der Waals surface area contributed by atoms with Crippen molar-refractivity contribution < 1.29 is 19.0 Å². The van der Waals surface area contributed by atoms with Crippen LogP contribution < -0.4 is 0 Å². The molecule has 0 radical (unpaired) electrons. The van der Waals surface area contributed by atoms with Crippen LogP contribution >= 0.6 is 0 Å². The number of esters is 1. The Labute approximate surface area is 131 Å². The highest BCUT2D eigenvalue weighted by Crippen LogP contribution is 2.37. The molecule has 22 heavy (non-hydrogen) atoms. The van der Waals surface area contributed by atoms with E-state index in [0.29, 0.717) is 6.61 Å². The summed E-state index contributed by atoms with van der Waals surface area (Å²) < 4.78 is 17.3. The number of rotatable bonds is 4. The Morgan fingerprint density at radius 1 is 1.32 bits per heavy atom. The van der Waals surface area contributed by atoms with Gasteiger partial charge in [0.05, 0.1) is 6.04 Å². The number of benzene rings is 1. The fraction of sp³-hybridized carbons (Fsp3) is 0.588. The molecule has 2 aliphatic rings. The van der Waals surface area contributed by atoms with Gasteiger partial charge in [-0.15, -0.1) is 0 Å². The summed E-state index contributed by atoms with van der Waals surface area (Å²) in [6, 6.07) is 10.3. The van der Waals surface area contributed by atoms with Crippen LogP contribution in [0.15, 0.2) is 30.3 Å². The van der Waals surface area contributed by atoms with Gasteiger partial charge in [0.25, 0.3) is 0 Å². The van der Waals surface area contributed by atoms with Gasteiger partial charge in [0.2, 0.25) is 0 Å². The van der Waals surface area contributed by atoms with Gasteiger partial charge in [-0.3, -0.25) is 9.69 Å². The molecule has 0 spiro atoms. The van der Waals surface area contributed by atoms with E-state index in [2.05, 4.69) is 17.0 Å². The Kier molecular flexibility index (Phi) is 4.21. The third kappa shape index (κ3) is 3.32. The van der Waals surface area contributed by atoms with Crippen LogP contribution in [0.5, 0.6) is 0 Å². The van der Waals surface area contributed by atoms with Crippen molar-refractivity contribution in [3.8, 4) is 0 Å². The normalized spacial score (nSPS) is 30.2. The van der Waals surface area contributed by atoms with Crippen molar-refractivity contribution in [3.05, 3.63) is 35.9 Å². The zero-order valence-corrected chi connectivity index (χ0v) is 13.3. The van der Waals surface area contributed by atoms with Crippen molar-refractivity contribution >= 4 is 5.97 Å². The third-order valence-corrected chi connectivity index (χ3v) is 4.17. The maximum Gasteiger partial charge on any atom is 0.302 e. The molecule has 120 valence electrons. The van der Waals surface area contributed by atoms with Gasteiger partial charge in [-0.2, -0.15) is 0 Å². The Balaban J connectivity index is 1.73. The van der Waals surface area contributed by atoms with Crippen molar-refractivity contribution in [2.24, 2.45) is 0 Å². The number of ether oxygens (including phenoxy) is 3. The molecule has 2 saturated heterocycles. The number of carbonyl (C=O) groups is 1. The van der Waals surface area contributed by atoms with Crippen molar-refractivity contribution in [1.29, 1.82) is 0 Å². The summed E-state index contributed by atoms with van der Waals surface area (Å²) in [5.74, 6) is -0.830. The zero-order chi connectivity index (χ0) is 15.7. The number of hydrogen-bond donors (Lipinski definition) is 0. The molecule has 0 saturated carbocycles. The van der Waals surface area contributed by atoms with Crippen molar-refractivity contribution in [3.63, 3.8) is 0 Å². The van der Waals surface area contributed by atoms with Crippen LogP contribution in [0.2, 0.25) is 0 Å². The molecular weight excluding hydrogens is 282 g/mol. The fourth-order valence-electron chi connectivity index (χ4n) is 3.31. The summed E-state index contributed by atoms with van der Waals surface area (Å²) in [5.41, 5.74) is 1.23. The van der Waals surface area contributed by atoms with E-state index >= 15 is 0 Å². The molecule has 3 rings (SSSR count). The van der Waals surface area contributed by atoms with Crippen LogP contribution in [0.4, 0.5) is 0 Å². The average molecular weight is 305 g/mol. The average Bonchev–Trinajstić information content (AvgIpc) is 2.89. The Morgan fingerprint density at radius 2 is 2.05 bits per heavy atom. The lowest BCUT2D eigenvalue weighted by molar-refractivity contribution is -0.166. The lowest BCUT2D eigenvalue weighted by Gasteiger charge is -2.29. The van der Waals surface area contributed by atoms with Crippen LogP contribution in [0, 0.1) is 0 Å². The first-order chi connectivity index (χ1) is 10.4. The Bertz CT molecular complexity index is 531. The molecule has 2 fully saturated rings. The van der Waals surface area contributed by atoms with Gasteiger partial charge in [0, 0.05) is 20.0 Å². The van der Waals surface area contributed by atoms with E-state index < -0.39 is 5.79 Å². The first-order valence-electron chi connectivity index (χ1n) is 7.71. The van der Waals surface area contributed by atoms with E-state index in [4.69, 9.17) is 14.2 Å². The first kappa shape index (κ1) is 15.5. The molecule has 0 unspecified atom stereocenters. The number of nitrogens with zero attached hydrogens (tertiary/aromatic N) is 1. The van der Waals surface area contributed by atoms with Gasteiger partial charge in [-0.05, 0) is 19.4 Å². The van der Waals surface area contributed by atoms with Gasteiger partial charge >= 0.3 is 5.97 Å². The molecule has 2 heterocycles. The summed E-state index contributed by atoms with van der Waals surface area (Å²) >= 11 is 0. The quantitative estimate of drug-likeness (QED) is 0.796. The summed E-state index contributed by atoms with van der Waals surface area (Å²) in [7, 11) is 0. The van der Waals surface area contributed by atoms with Gasteiger partial charge in [-0.1, -0.05) is 30.3 Å². The minimum Gasteiger partial charge on any atom is -0.464 e. The largest absolute Gasteiger partial charge is 0.464 e. The molecular formula is C17H23NO4. The molecule has 0 bridgehead atoms. The lowest BCUT2D eigenvalue weighted by atomic mass is 10.1. The molecule has 1 aromatic rings. The number of carbonyl (C=O) groups excluding carboxylic acids is 1. The molecule has 0 aromatic heterocycles. The topological polar surface area (TPSA) is 48.0 Å². The Hall–Kier alpha value is -1.43. The predicted molar refractivity (Wildman–Crippen MR) is 81.1 cm³/mol. The summed E-state index contributed by atoms with van der Waals surface area (Å²) in [6.07, 6.45) is -0.0302. The van der Waals surface area contributed by atoms with Gasteiger partial charge in [0.1, 0.15) is 18.8 Å². The van der Waals surface area contributed by atoms with Crippen molar-refractivity contribution in [2.75, 3.05) is 13.2 Å². The van der Waals surface area contributed by atoms with E-state index in [1.807, 2.05) is 32.0 Å². The second-order valence-electron chi connectivity index (χ2n) is 6.42. The molecule has 5 heteroatoms. The maximum absolute atomic E-state index is 11.2. The van der Waals surface area contributed by atoms with E-state index in [1.165, 1.54) is 12.5 Å². The molecule has 0 aliphatic carbocycles. The van der Waals surface area contributed by atoms with Crippen molar-refractivity contribution in [2.45, 2.75) is 51.4 Å². The van der Waals surface area contributed by atoms with Crippen LogP contribution in [-0.2, 0) is 25.5 Å². The molecule has 0 amide bonds. The number of fused-ring (bicyclic) bond motifs is 1. The van der Waals surface area contributed by atoms with E-state index in [0.717, 1.165) is 13.1 Å². The van der Waals surface area contributed by atoms with Crippen molar-refractivity contribution in [1.82, 2.24) is 4.90 Å². The fourth-order valence-corrected chi connectivity index (χ4v) is 3.31. The highest BCUT2D eigenvalue weighted by atomic mass is 16.8. The van der Waals surface area contributed by atoms with Crippen LogP contribution in [-0.4, -0.2) is 48.1 Å². The number of hydrogen-bond acceptors (Lipinski definition) is 5. The first-order valence-corrected chi connectivity index (χ1v) is 7.71. The highest BCUT2D eigenvalue weighted by Gasteiger charge is 2.52. The maximum atomic E-state index is 11.2. The zero-order valence-electron chi connectivity index (χ0n) is 13.3. The molecule has 2 aliphatic heterocycles. The molecule has 5 nitrogen and oxygen atoms in total. The summed E-state index contributed by atoms with van der Waals surface area (Å²) in [4.78, 5) is 13.5. The SMILES string of the molecule is CC(=O)OC[C@H]1[C@H]2OC(C)(C)O[C@H]2CN1Cc1ccccc1. The monoisotopic (exact) mass is 305 g/mol. The van der Waals surface area contributed by atoms with Gasteiger partial charge in [0.15, 0.2) is 5.79 Å². The minimum atomic E-state index is -0.567. The minimum absolute atomic E-state index is 0.0240. The molecule has 3 atom stereocenters. The van der Waals surface area contributed by atoms with Crippen LogP contribution in [0.25, 0.3) is 0 Å². The summed E-state index contributed by atoms with van der Waals surface area (Å²) in [6.45, 7) is 7.21. The van der Waals surface area contributed by atoms with E-state index in [1.54, 1.807) is 0 Å². The highest BCUT2D eigenvalue weighted by molar-refractivity contribution is 5.65. The van der Waals surface area contributed by atoms with Gasteiger partial charge < -0.3 is 14.2 Å². The van der Waals surface area contributed by atoms with E-state index in [9.17, 15) is 4.79 Å². The van der Waals surface area contributed by atoms with Crippen LogP contribution in [0.1, 0.15) is 26.3 Å². The Morgan fingerprint density at radius 3 is 2.73 bits per heavy atom. The van der Waals surface area contributed by atoms with Gasteiger partial charge in [-0.25, -0.2) is 0 Å². The molecule has 0 N–H and O–H groups in total. The standard InChI is InChI=1S/C17H23NO4/c1-12(19)20-11-14-16-15(21-17(2,3)22-16)10-18(14)9-13-7-5-4-6-8-13/h4-8,14-16H,9-11H2,1-3H3/t14-,15-,16+/m0/s1. The molecule has 1 aromatic carbocycles. The lowest BCUT2D eigenvalue weighted by Crippen LogP contribution is -2.41. The number of likely N-dealkylation sites (tertiary alicyclic amines) is 1. The van der Waals surface area contributed by atoms with E-state index in [-0.39, 0.29) is 24.2 Å². The third-order valence-electron chi connectivity index (χ3n) is 4.17. The summed E-state index contributed by atoms with van der Waals surface area (Å²) in [5, 5.41) is 0. The second kappa shape index (κ2) is 5.99. The second-order valence-corrected chi connectivity index (χ2v) is 6.42. The smallest absolute Gasteiger partial charge is 0.302 e. The van der Waals surface area contributed by atoms with Crippen LogP contribution in [0.3, 0.4) is 0 Å².